The van der Waals surface area contributed by atoms with Crippen LogP contribution in [-0.4, -0.2) is 37.4 Å². The van der Waals surface area contributed by atoms with Gasteiger partial charge < -0.3 is 14.4 Å². The van der Waals surface area contributed by atoms with Gasteiger partial charge in [-0.1, -0.05) is 22.0 Å². The first kappa shape index (κ1) is 14.8. The van der Waals surface area contributed by atoms with Crippen molar-refractivity contribution < 1.29 is 14.3 Å². The van der Waals surface area contributed by atoms with Gasteiger partial charge in [0.2, 0.25) is 5.91 Å². The molecule has 0 radical (unpaired) electrons. The van der Waals surface area contributed by atoms with Gasteiger partial charge >= 0.3 is 0 Å². The van der Waals surface area contributed by atoms with Gasteiger partial charge in [0.1, 0.15) is 0 Å². The topological polar surface area (TPSA) is 38.8 Å². The maximum Gasteiger partial charge on any atom is 0.223 e. The molecule has 1 rings (SSSR count). The molecule has 0 aliphatic heterocycles. The normalized spacial score (nSPS) is 10.0. The number of hydrogen-bond donors (Lipinski definition) is 0. The van der Waals surface area contributed by atoms with Gasteiger partial charge in [-0.2, -0.15) is 0 Å². The molecule has 0 aliphatic carbocycles. The Balaban J connectivity index is 2.76. The van der Waals surface area contributed by atoms with Gasteiger partial charge in [-0.3, -0.25) is 4.79 Å². The Morgan fingerprint density at radius 1 is 1.28 bits per heavy atom. The first-order valence-corrected chi connectivity index (χ1v) is 6.75. The van der Waals surface area contributed by atoms with Crippen LogP contribution in [0.25, 0.3) is 0 Å². The molecule has 0 aliphatic rings. The molecule has 0 saturated carbocycles. The van der Waals surface area contributed by atoms with E-state index in [9.17, 15) is 4.79 Å². The molecule has 5 heteroatoms. The SMILES string of the molecule is COc1ccc(CN(C)C(=O)CCBr)cc1OC. The smallest absolute Gasteiger partial charge is 0.223 e. The van der Waals surface area contributed by atoms with E-state index in [0.717, 1.165) is 5.56 Å². The molecule has 100 valence electrons. The third-order valence-electron chi connectivity index (χ3n) is 2.60. The number of carbonyl (C=O) groups excluding carboxylic acids is 1. The summed E-state index contributed by atoms with van der Waals surface area (Å²) >= 11 is 3.26. The van der Waals surface area contributed by atoms with Crippen LogP contribution in [0.4, 0.5) is 0 Å². The lowest BCUT2D eigenvalue weighted by atomic mass is 10.2. The molecule has 0 unspecified atom stereocenters. The second-order valence-corrected chi connectivity index (χ2v) is 4.67. The highest BCUT2D eigenvalue weighted by atomic mass is 79.9. The Kier molecular flexibility index (Phi) is 5.98. The molecule has 0 heterocycles. The van der Waals surface area contributed by atoms with E-state index in [0.29, 0.717) is 29.8 Å². The minimum Gasteiger partial charge on any atom is -0.493 e. The van der Waals surface area contributed by atoms with E-state index in [4.69, 9.17) is 9.47 Å². The van der Waals surface area contributed by atoms with Crippen molar-refractivity contribution in [1.29, 1.82) is 0 Å². The number of rotatable bonds is 6. The summed E-state index contributed by atoms with van der Waals surface area (Å²) in [5.74, 6) is 1.48. The molecule has 0 fully saturated rings. The quantitative estimate of drug-likeness (QED) is 0.757. The van der Waals surface area contributed by atoms with Crippen molar-refractivity contribution in [2.75, 3.05) is 26.6 Å². The van der Waals surface area contributed by atoms with Gasteiger partial charge in [0.15, 0.2) is 11.5 Å². The summed E-state index contributed by atoms with van der Waals surface area (Å²) in [6.45, 7) is 0.562. The van der Waals surface area contributed by atoms with Gasteiger partial charge in [0.05, 0.1) is 14.2 Å². The van der Waals surface area contributed by atoms with Crippen LogP contribution in [-0.2, 0) is 11.3 Å². The number of benzene rings is 1. The number of hydrogen-bond acceptors (Lipinski definition) is 3. The fraction of sp³-hybridized carbons (Fsp3) is 0.462. The molecule has 1 amide bonds. The van der Waals surface area contributed by atoms with Crippen LogP contribution in [0.15, 0.2) is 18.2 Å². The van der Waals surface area contributed by atoms with Crippen molar-refractivity contribution in [2.24, 2.45) is 0 Å². The Morgan fingerprint density at radius 2 is 1.94 bits per heavy atom. The number of methoxy groups -OCH3 is 2. The van der Waals surface area contributed by atoms with Crippen molar-refractivity contribution >= 4 is 21.8 Å². The number of ether oxygens (including phenoxy) is 2. The minimum atomic E-state index is 0.113. The summed E-state index contributed by atoms with van der Waals surface area (Å²) in [6.07, 6.45) is 0.504. The van der Waals surface area contributed by atoms with Crippen molar-refractivity contribution in [1.82, 2.24) is 4.90 Å². The maximum atomic E-state index is 11.7. The highest BCUT2D eigenvalue weighted by molar-refractivity contribution is 9.09. The molecule has 18 heavy (non-hydrogen) atoms. The van der Waals surface area contributed by atoms with E-state index in [2.05, 4.69) is 15.9 Å². The summed E-state index contributed by atoms with van der Waals surface area (Å²) in [5.41, 5.74) is 1.01. The van der Waals surface area contributed by atoms with Crippen LogP contribution in [0, 0.1) is 0 Å². The highest BCUT2D eigenvalue weighted by Gasteiger charge is 2.10. The second-order valence-electron chi connectivity index (χ2n) is 3.88. The Morgan fingerprint density at radius 3 is 2.50 bits per heavy atom. The first-order valence-electron chi connectivity index (χ1n) is 5.63. The maximum absolute atomic E-state index is 11.7. The van der Waals surface area contributed by atoms with Crippen LogP contribution in [0.5, 0.6) is 11.5 Å². The average Bonchev–Trinajstić information content (AvgIpc) is 2.38. The van der Waals surface area contributed by atoms with Gasteiger partial charge in [0, 0.05) is 25.3 Å². The summed E-state index contributed by atoms with van der Waals surface area (Å²) in [5, 5.41) is 0.683. The van der Waals surface area contributed by atoms with E-state index in [1.54, 1.807) is 26.2 Å². The zero-order chi connectivity index (χ0) is 13.5. The van der Waals surface area contributed by atoms with Crippen molar-refractivity contribution in [3.63, 3.8) is 0 Å². The zero-order valence-electron chi connectivity index (χ0n) is 10.9. The van der Waals surface area contributed by atoms with E-state index in [-0.39, 0.29) is 5.91 Å². The molecular formula is C13H18BrNO3. The number of halogens is 1. The Hall–Kier alpha value is -1.23. The van der Waals surface area contributed by atoms with Crippen molar-refractivity contribution in [3.05, 3.63) is 23.8 Å². The van der Waals surface area contributed by atoms with Crippen LogP contribution in [0.1, 0.15) is 12.0 Å². The van der Waals surface area contributed by atoms with Crippen molar-refractivity contribution in [2.45, 2.75) is 13.0 Å². The van der Waals surface area contributed by atoms with Gasteiger partial charge in [-0.25, -0.2) is 0 Å². The largest absolute Gasteiger partial charge is 0.493 e. The summed E-state index contributed by atoms with van der Waals surface area (Å²) in [7, 11) is 4.99. The number of nitrogens with zero attached hydrogens (tertiary/aromatic N) is 1. The molecule has 0 N–H and O–H groups in total. The van der Waals surface area contributed by atoms with E-state index in [1.807, 2.05) is 18.2 Å². The molecule has 0 saturated heterocycles. The van der Waals surface area contributed by atoms with Crippen LogP contribution < -0.4 is 9.47 Å². The van der Waals surface area contributed by atoms with Crippen LogP contribution in [0.3, 0.4) is 0 Å². The Labute approximate surface area is 116 Å². The van der Waals surface area contributed by atoms with Gasteiger partial charge in [-0.15, -0.1) is 0 Å². The number of alkyl halides is 1. The van der Waals surface area contributed by atoms with Crippen LogP contribution in [0.2, 0.25) is 0 Å². The lowest BCUT2D eigenvalue weighted by Crippen LogP contribution is -2.26. The molecule has 0 spiro atoms. The molecule has 0 aromatic heterocycles. The number of amides is 1. The molecule has 1 aromatic rings. The standard InChI is InChI=1S/C13H18BrNO3/c1-15(13(16)6-7-14)9-10-4-5-11(17-2)12(8-10)18-3/h4-5,8H,6-7,9H2,1-3H3. The molecule has 1 aromatic carbocycles. The zero-order valence-corrected chi connectivity index (χ0v) is 12.5. The van der Waals surface area contributed by atoms with E-state index < -0.39 is 0 Å². The monoisotopic (exact) mass is 315 g/mol. The minimum absolute atomic E-state index is 0.113. The third-order valence-corrected chi connectivity index (χ3v) is 3.00. The molecule has 4 nitrogen and oxygen atoms in total. The highest BCUT2D eigenvalue weighted by Crippen LogP contribution is 2.27. The summed E-state index contributed by atoms with van der Waals surface area (Å²) in [4.78, 5) is 13.4. The lowest BCUT2D eigenvalue weighted by molar-refractivity contribution is -0.129. The third kappa shape index (κ3) is 3.91. The first-order chi connectivity index (χ1) is 8.62. The summed E-state index contributed by atoms with van der Waals surface area (Å²) in [6, 6.07) is 5.66. The predicted octanol–water partition coefficient (Wildman–Crippen LogP) is 2.45. The lowest BCUT2D eigenvalue weighted by Gasteiger charge is -2.17. The van der Waals surface area contributed by atoms with Gasteiger partial charge in [-0.05, 0) is 17.7 Å². The van der Waals surface area contributed by atoms with E-state index >= 15 is 0 Å². The second kappa shape index (κ2) is 7.26. The van der Waals surface area contributed by atoms with Gasteiger partial charge in [0.25, 0.3) is 0 Å². The average molecular weight is 316 g/mol. The fourth-order valence-corrected chi connectivity index (χ4v) is 1.95. The predicted molar refractivity (Wildman–Crippen MR) is 74.4 cm³/mol. The van der Waals surface area contributed by atoms with Crippen LogP contribution >= 0.6 is 15.9 Å². The van der Waals surface area contributed by atoms with Crippen molar-refractivity contribution in [3.8, 4) is 11.5 Å². The fourth-order valence-electron chi connectivity index (χ4n) is 1.61. The number of carbonyl (C=O) groups is 1. The molecular weight excluding hydrogens is 298 g/mol. The molecule has 0 atom stereocenters. The molecule has 0 bridgehead atoms. The summed E-state index contributed by atoms with van der Waals surface area (Å²) < 4.78 is 10.4. The van der Waals surface area contributed by atoms with E-state index in [1.165, 1.54) is 0 Å². The Bertz CT molecular complexity index is 409.